The molecule has 0 aliphatic rings. The minimum absolute atomic E-state index is 0.0754. The van der Waals surface area contributed by atoms with Gasteiger partial charge in [0.25, 0.3) is 0 Å². The van der Waals surface area contributed by atoms with E-state index in [-0.39, 0.29) is 11.5 Å². The molecule has 2 aromatic rings. The number of amides is 1. The van der Waals surface area contributed by atoms with E-state index < -0.39 is 17.8 Å². The Morgan fingerprint density at radius 1 is 1.56 bits per heavy atom. The van der Waals surface area contributed by atoms with Crippen LogP contribution in [0.5, 0.6) is 0 Å². The number of fused-ring (bicyclic) bond motifs is 1. The zero-order valence-electron chi connectivity index (χ0n) is 8.64. The zero-order valence-corrected chi connectivity index (χ0v) is 8.64. The fraction of sp³-hybridized carbons (Fsp3) is 0.200. The minimum atomic E-state index is -0.660. The highest BCUT2D eigenvalue weighted by Crippen LogP contribution is 2.24. The van der Waals surface area contributed by atoms with E-state index in [4.69, 9.17) is 11.5 Å². The van der Waals surface area contributed by atoms with Gasteiger partial charge in [-0.2, -0.15) is 0 Å². The number of hydrogen-bond acceptors (Lipinski definition) is 3. The van der Waals surface area contributed by atoms with Gasteiger partial charge in [-0.05, 0) is 19.1 Å². The molecular weight excluding hydrogens is 211 g/mol. The van der Waals surface area contributed by atoms with Gasteiger partial charge in [-0.3, -0.25) is 9.36 Å². The van der Waals surface area contributed by atoms with E-state index in [0.29, 0.717) is 5.52 Å². The normalized spacial score (nSPS) is 12.9. The number of carbonyl (C=O) groups excluding carboxylic acids is 1. The molecule has 0 saturated carbocycles. The van der Waals surface area contributed by atoms with Gasteiger partial charge in [0.05, 0.1) is 5.52 Å². The van der Waals surface area contributed by atoms with E-state index in [9.17, 15) is 9.18 Å². The summed E-state index contributed by atoms with van der Waals surface area (Å²) in [7, 11) is 0. The monoisotopic (exact) mass is 222 g/mol. The molecule has 0 spiro atoms. The second-order valence-electron chi connectivity index (χ2n) is 3.53. The number of para-hydroxylation sites is 1. The van der Waals surface area contributed by atoms with Crippen molar-refractivity contribution in [3.8, 4) is 0 Å². The molecule has 0 bridgehead atoms. The fourth-order valence-corrected chi connectivity index (χ4v) is 1.64. The summed E-state index contributed by atoms with van der Waals surface area (Å²) in [5.74, 6) is -0.943. The average molecular weight is 222 g/mol. The second kappa shape index (κ2) is 3.48. The molecule has 1 aromatic heterocycles. The topological polar surface area (TPSA) is 86.9 Å². The third kappa shape index (κ3) is 1.39. The number of aromatic nitrogens is 2. The molecule has 1 amide bonds. The molecule has 0 radical (unpaired) electrons. The first-order chi connectivity index (χ1) is 7.52. The Balaban J connectivity index is 2.74. The Labute approximate surface area is 90.9 Å². The standard InChI is InChI=1S/C10H11FN4O/c1-5(9(12)16)15-7-4-2-3-6(11)8(7)14-10(15)13/h2-5H,1H3,(H2,12,16)(H2,13,14). The van der Waals surface area contributed by atoms with Gasteiger partial charge in [-0.15, -0.1) is 0 Å². The van der Waals surface area contributed by atoms with Gasteiger partial charge in [-0.25, -0.2) is 9.37 Å². The van der Waals surface area contributed by atoms with Gasteiger partial charge in [0.2, 0.25) is 11.9 Å². The van der Waals surface area contributed by atoms with Crippen LogP contribution in [-0.2, 0) is 4.79 Å². The van der Waals surface area contributed by atoms with E-state index in [2.05, 4.69) is 4.98 Å². The number of halogens is 1. The maximum Gasteiger partial charge on any atom is 0.240 e. The van der Waals surface area contributed by atoms with Crippen LogP contribution >= 0.6 is 0 Å². The van der Waals surface area contributed by atoms with Crippen LogP contribution < -0.4 is 11.5 Å². The summed E-state index contributed by atoms with van der Waals surface area (Å²) < 4.78 is 14.8. The molecule has 0 aliphatic carbocycles. The highest BCUT2D eigenvalue weighted by molar-refractivity contribution is 5.84. The number of imidazole rings is 1. The number of rotatable bonds is 2. The number of anilines is 1. The lowest BCUT2D eigenvalue weighted by Crippen LogP contribution is -2.24. The van der Waals surface area contributed by atoms with E-state index >= 15 is 0 Å². The molecular formula is C10H11FN4O. The number of benzene rings is 1. The van der Waals surface area contributed by atoms with Crippen molar-refractivity contribution < 1.29 is 9.18 Å². The van der Waals surface area contributed by atoms with Crippen LogP contribution in [0.3, 0.4) is 0 Å². The summed E-state index contributed by atoms with van der Waals surface area (Å²) in [4.78, 5) is 15.0. The van der Waals surface area contributed by atoms with Gasteiger partial charge in [0.15, 0.2) is 5.82 Å². The van der Waals surface area contributed by atoms with Gasteiger partial charge < -0.3 is 11.5 Å². The van der Waals surface area contributed by atoms with Crippen LogP contribution in [0, 0.1) is 5.82 Å². The predicted octanol–water partition coefficient (Wildman–Crippen LogP) is 0.804. The van der Waals surface area contributed by atoms with Crippen LogP contribution in [0.25, 0.3) is 11.0 Å². The third-order valence-electron chi connectivity index (χ3n) is 2.50. The van der Waals surface area contributed by atoms with Crippen LogP contribution in [0.1, 0.15) is 13.0 Å². The number of nitrogens with zero attached hydrogens (tertiary/aromatic N) is 2. The van der Waals surface area contributed by atoms with E-state index in [1.807, 2.05) is 0 Å². The summed E-state index contributed by atoms with van der Waals surface area (Å²) in [5.41, 5.74) is 11.4. The van der Waals surface area contributed by atoms with Crippen LogP contribution in [0.4, 0.5) is 10.3 Å². The van der Waals surface area contributed by atoms with Gasteiger partial charge in [0, 0.05) is 0 Å². The molecule has 1 atom stereocenters. The quantitative estimate of drug-likeness (QED) is 0.788. The molecule has 1 unspecified atom stereocenters. The van der Waals surface area contributed by atoms with Crippen molar-refractivity contribution in [2.24, 2.45) is 5.73 Å². The molecule has 84 valence electrons. The van der Waals surface area contributed by atoms with Crippen LogP contribution in [-0.4, -0.2) is 15.5 Å². The summed E-state index contributed by atoms with van der Waals surface area (Å²) in [6, 6.07) is 3.80. The summed E-state index contributed by atoms with van der Waals surface area (Å²) in [6.45, 7) is 1.59. The second-order valence-corrected chi connectivity index (χ2v) is 3.53. The van der Waals surface area contributed by atoms with Gasteiger partial charge >= 0.3 is 0 Å². The number of nitrogens with two attached hydrogens (primary N) is 2. The Kier molecular flexibility index (Phi) is 2.26. The highest BCUT2D eigenvalue weighted by atomic mass is 19.1. The molecule has 0 fully saturated rings. The molecule has 6 heteroatoms. The Hall–Kier alpha value is -2.11. The Bertz CT molecular complexity index is 563. The summed E-state index contributed by atoms with van der Waals surface area (Å²) in [5, 5.41) is 0. The molecule has 1 aromatic carbocycles. The summed E-state index contributed by atoms with van der Waals surface area (Å²) >= 11 is 0. The molecule has 0 saturated heterocycles. The lowest BCUT2D eigenvalue weighted by Gasteiger charge is -2.11. The molecule has 1 heterocycles. The molecule has 16 heavy (non-hydrogen) atoms. The predicted molar refractivity (Wildman–Crippen MR) is 58.0 cm³/mol. The SMILES string of the molecule is CC(C(N)=O)n1c(N)nc2c(F)cccc21. The number of nitrogen functional groups attached to an aromatic ring is 1. The minimum Gasteiger partial charge on any atom is -0.369 e. The number of primary amides is 1. The molecule has 0 aliphatic heterocycles. The first kappa shape index (κ1) is 10.4. The van der Waals surface area contributed by atoms with E-state index in [0.717, 1.165) is 0 Å². The lowest BCUT2D eigenvalue weighted by atomic mass is 10.2. The number of carbonyl (C=O) groups is 1. The average Bonchev–Trinajstić information content (AvgIpc) is 2.55. The first-order valence-electron chi connectivity index (χ1n) is 4.73. The van der Waals surface area contributed by atoms with Gasteiger partial charge in [0.1, 0.15) is 11.6 Å². The fourth-order valence-electron chi connectivity index (χ4n) is 1.64. The lowest BCUT2D eigenvalue weighted by molar-refractivity contribution is -0.120. The highest BCUT2D eigenvalue weighted by Gasteiger charge is 2.19. The maximum atomic E-state index is 13.4. The van der Waals surface area contributed by atoms with Crippen LogP contribution in [0.15, 0.2) is 18.2 Å². The van der Waals surface area contributed by atoms with Gasteiger partial charge in [-0.1, -0.05) is 6.07 Å². The third-order valence-corrected chi connectivity index (χ3v) is 2.50. The largest absolute Gasteiger partial charge is 0.369 e. The molecule has 4 N–H and O–H groups in total. The van der Waals surface area contributed by atoms with Crippen molar-refractivity contribution in [1.29, 1.82) is 0 Å². The van der Waals surface area contributed by atoms with Crippen molar-refractivity contribution >= 4 is 22.9 Å². The van der Waals surface area contributed by atoms with Crippen LogP contribution in [0.2, 0.25) is 0 Å². The molecule has 2 rings (SSSR count). The number of hydrogen-bond donors (Lipinski definition) is 2. The Morgan fingerprint density at radius 2 is 2.25 bits per heavy atom. The first-order valence-corrected chi connectivity index (χ1v) is 4.73. The smallest absolute Gasteiger partial charge is 0.240 e. The summed E-state index contributed by atoms with van der Waals surface area (Å²) in [6.07, 6.45) is 0. The van der Waals surface area contributed by atoms with Crippen molar-refractivity contribution in [3.63, 3.8) is 0 Å². The van der Waals surface area contributed by atoms with Crippen molar-refractivity contribution in [2.45, 2.75) is 13.0 Å². The van der Waals surface area contributed by atoms with Crippen molar-refractivity contribution in [3.05, 3.63) is 24.0 Å². The van der Waals surface area contributed by atoms with E-state index in [1.54, 1.807) is 13.0 Å². The maximum absolute atomic E-state index is 13.4. The van der Waals surface area contributed by atoms with E-state index in [1.165, 1.54) is 16.7 Å². The molecule has 5 nitrogen and oxygen atoms in total. The Morgan fingerprint density at radius 3 is 2.88 bits per heavy atom. The van der Waals surface area contributed by atoms with Crippen molar-refractivity contribution in [2.75, 3.05) is 5.73 Å². The zero-order chi connectivity index (χ0) is 11.9. The van der Waals surface area contributed by atoms with Crippen molar-refractivity contribution in [1.82, 2.24) is 9.55 Å².